The topological polar surface area (TPSA) is 84.1 Å². The first-order valence-electron chi connectivity index (χ1n) is 5.06. The fraction of sp³-hybridized carbons (Fsp3) is 0.600. The first-order chi connectivity index (χ1) is 7.11. The van der Waals surface area contributed by atoms with Gasteiger partial charge in [-0.25, -0.2) is 9.97 Å². The second kappa shape index (κ2) is 5.50. The summed E-state index contributed by atoms with van der Waals surface area (Å²) in [6.45, 7) is 4.31. The molecule has 5 heteroatoms. The maximum absolute atomic E-state index is 9.16. The lowest BCUT2D eigenvalue weighted by molar-refractivity contribution is 0.259. The number of hydrogen-bond acceptors (Lipinski definition) is 5. The normalized spacial score (nSPS) is 12.8. The van der Waals surface area contributed by atoms with Crippen LogP contribution in [0.25, 0.3) is 0 Å². The molecule has 0 saturated heterocycles. The lowest BCUT2D eigenvalue weighted by atomic mass is 10.0. The van der Waals surface area contributed by atoms with Gasteiger partial charge in [0, 0.05) is 0 Å². The van der Waals surface area contributed by atoms with Crippen LogP contribution in [0, 0.1) is 5.92 Å². The zero-order valence-corrected chi connectivity index (χ0v) is 9.14. The molecule has 1 aromatic rings. The summed E-state index contributed by atoms with van der Waals surface area (Å²) in [6.07, 6.45) is 3.95. The molecule has 0 aliphatic heterocycles. The molecule has 4 N–H and O–H groups in total. The van der Waals surface area contributed by atoms with Crippen molar-refractivity contribution in [2.75, 3.05) is 17.7 Å². The summed E-state index contributed by atoms with van der Waals surface area (Å²) in [5.74, 6) is 1.56. The summed E-state index contributed by atoms with van der Waals surface area (Å²) < 4.78 is 0. The van der Waals surface area contributed by atoms with Crippen LogP contribution in [-0.4, -0.2) is 27.7 Å². The fourth-order valence-corrected chi connectivity index (χ4v) is 1.37. The summed E-state index contributed by atoms with van der Waals surface area (Å²) in [5, 5.41) is 12.3. The Labute approximate surface area is 89.7 Å². The maximum Gasteiger partial charge on any atom is 0.144 e. The number of nitrogen functional groups attached to an aromatic ring is 1. The quantitative estimate of drug-likeness (QED) is 0.671. The number of nitrogens with one attached hydrogen (secondary N) is 1. The molecule has 84 valence electrons. The van der Waals surface area contributed by atoms with E-state index in [1.807, 2.05) is 0 Å². The van der Waals surface area contributed by atoms with Crippen molar-refractivity contribution in [2.24, 2.45) is 5.92 Å². The smallest absolute Gasteiger partial charge is 0.144 e. The first kappa shape index (κ1) is 11.7. The molecule has 0 aliphatic rings. The van der Waals surface area contributed by atoms with E-state index in [1.54, 1.807) is 6.20 Å². The van der Waals surface area contributed by atoms with Crippen LogP contribution in [0.4, 0.5) is 11.6 Å². The molecule has 0 aliphatic carbocycles. The van der Waals surface area contributed by atoms with Gasteiger partial charge in [0.15, 0.2) is 0 Å². The van der Waals surface area contributed by atoms with E-state index in [-0.39, 0.29) is 12.6 Å². The van der Waals surface area contributed by atoms with Crippen LogP contribution in [0.1, 0.15) is 20.3 Å². The number of hydrogen-bond donors (Lipinski definition) is 3. The van der Waals surface area contributed by atoms with Crippen molar-refractivity contribution >= 4 is 11.6 Å². The average molecular weight is 210 g/mol. The third-order valence-corrected chi connectivity index (χ3v) is 2.00. The van der Waals surface area contributed by atoms with Gasteiger partial charge in [0.05, 0.1) is 25.0 Å². The molecule has 15 heavy (non-hydrogen) atoms. The lowest BCUT2D eigenvalue weighted by Gasteiger charge is -2.18. The molecular formula is C10H18N4O. The van der Waals surface area contributed by atoms with Crippen molar-refractivity contribution in [3.05, 3.63) is 12.4 Å². The molecule has 0 radical (unpaired) electrons. The monoisotopic (exact) mass is 210 g/mol. The molecule has 5 nitrogen and oxygen atoms in total. The Morgan fingerprint density at radius 1 is 1.40 bits per heavy atom. The molecule has 0 bridgehead atoms. The molecule has 0 fully saturated rings. The first-order valence-corrected chi connectivity index (χ1v) is 5.06. The molecule has 0 aromatic carbocycles. The van der Waals surface area contributed by atoms with Gasteiger partial charge >= 0.3 is 0 Å². The van der Waals surface area contributed by atoms with Crippen LogP contribution in [0.2, 0.25) is 0 Å². The number of anilines is 2. The number of aliphatic hydroxyl groups excluding tert-OH is 1. The van der Waals surface area contributed by atoms with Crippen molar-refractivity contribution < 1.29 is 5.11 Å². The summed E-state index contributed by atoms with van der Waals surface area (Å²) in [4.78, 5) is 7.98. The third-order valence-electron chi connectivity index (χ3n) is 2.00. The van der Waals surface area contributed by atoms with Gasteiger partial charge in [0.25, 0.3) is 0 Å². The van der Waals surface area contributed by atoms with Crippen LogP contribution in [-0.2, 0) is 0 Å². The molecule has 0 spiro atoms. The highest BCUT2D eigenvalue weighted by molar-refractivity contribution is 5.36. The van der Waals surface area contributed by atoms with Crippen LogP contribution in [0.5, 0.6) is 0 Å². The van der Waals surface area contributed by atoms with Crippen molar-refractivity contribution in [1.29, 1.82) is 0 Å². The van der Waals surface area contributed by atoms with Gasteiger partial charge in [0.2, 0.25) is 0 Å². The second-order valence-electron chi connectivity index (χ2n) is 3.98. The fourth-order valence-electron chi connectivity index (χ4n) is 1.37. The van der Waals surface area contributed by atoms with Crippen LogP contribution in [0.15, 0.2) is 12.4 Å². The predicted octanol–water partition coefficient (Wildman–Crippen LogP) is 0.878. The molecule has 1 aromatic heterocycles. The largest absolute Gasteiger partial charge is 0.394 e. The molecule has 1 heterocycles. The Balaban J connectivity index is 2.54. The minimum atomic E-state index is 0.0166. The molecule has 1 rings (SSSR count). The van der Waals surface area contributed by atoms with Crippen molar-refractivity contribution in [2.45, 2.75) is 26.3 Å². The Hall–Kier alpha value is -1.36. The minimum Gasteiger partial charge on any atom is -0.394 e. The zero-order valence-electron chi connectivity index (χ0n) is 9.14. The van der Waals surface area contributed by atoms with E-state index in [0.29, 0.717) is 17.6 Å². The molecule has 1 unspecified atom stereocenters. The van der Waals surface area contributed by atoms with Gasteiger partial charge in [-0.3, -0.25) is 0 Å². The summed E-state index contributed by atoms with van der Waals surface area (Å²) >= 11 is 0. The summed E-state index contributed by atoms with van der Waals surface area (Å²) in [7, 11) is 0. The van der Waals surface area contributed by atoms with Gasteiger partial charge in [-0.2, -0.15) is 0 Å². The number of nitrogens with zero attached hydrogens (tertiary/aromatic N) is 2. The lowest BCUT2D eigenvalue weighted by Crippen LogP contribution is -2.26. The van der Waals surface area contributed by atoms with Crippen molar-refractivity contribution in [3.8, 4) is 0 Å². The van der Waals surface area contributed by atoms with Gasteiger partial charge < -0.3 is 16.2 Å². The number of aliphatic hydroxyl groups is 1. The second-order valence-corrected chi connectivity index (χ2v) is 3.98. The minimum absolute atomic E-state index is 0.0166. The maximum atomic E-state index is 9.16. The van der Waals surface area contributed by atoms with Crippen molar-refractivity contribution in [1.82, 2.24) is 9.97 Å². The Morgan fingerprint density at radius 3 is 2.60 bits per heavy atom. The number of aromatic nitrogens is 2. The van der Waals surface area contributed by atoms with Crippen LogP contribution >= 0.6 is 0 Å². The van der Waals surface area contributed by atoms with Crippen LogP contribution in [0.3, 0.4) is 0 Å². The van der Waals surface area contributed by atoms with E-state index in [2.05, 4.69) is 29.1 Å². The average Bonchev–Trinajstić information content (AvgIpc) is 2.19. The third kappa shape index (κ3) is 4.12. The SMILES string of the molecule is CC(C)CC(CO)Nc1cnc(N)cn1. The standard InChI is InChI=1S/C10H18N4O/c1-7(2)3-8(6-15)14-10-5-12-9(11)4-13-10/h4-5,7-8,15H,3,6H2,1-2H3,(H2,11,12)(H,13,14). The van der Waals surface area contributed by atoms with E-state index in [4.69, 9.17) is 10.8 Å². The zero-order chi connectivity index (χ0) is 11.3. The Morgan fingerprint density at radius 2 is 2.13 bits per heavy atom. The van der Waals surface area contributed by atoms with E-state index in [9.17, 15) is 0 Å². The van der Waals surface area contributed by atoms with E-state index in [0.717, 1.165) is 6.42 Å². The van der Waals surface area contributed by atoms with E-state index < -0.39 is 0 Å². The van der Waals surface area contributed by atoms with Crippen molar-refractivity contribution in [3.63, 3.8) is 0 Å². The van der Waals surface area contributed by atoms with E-state index >= 15 is 0 Å². The van der Waals surface area contributed by atoms with E-state index in [1.165, 1.54) is 6.20 Å². The number of rotatable bonds is 5. The predicted molar refractivity (Wildman–Crippen MR) is 60.4 cm³/mol. The van der Waals surface area contributed by atoms with Gasteiger partial charge in [-0.15, -0.1) is 0 Å². The Kier molecular flexibility index (Phi) is 4.30. The molecule has 1 atom stereocenters. The molecular weight excluding hydrogens is 192 g/mol. The van der Waals surface area contributed by atoms with Gasteiger partial charge in [-0.05, 0) is 12.3 Å². The summed E-state index contributed by atoms with van der Waals surface area (Å²) in [6, 6.07) is 0.0166. The number of nitrogens with two attached hydrogens (primary N) is 1. The molecule has 0 saturated carbocycles. The highest BCUT2D eigenvalue weighted by Crippen LogP contribution is 2.10. The van der Waals surface area contributed by atoms with Crippen LogP contribution < -0.4 is 11.1 Å². The Bertz CT molecular complexity index is 286. The van der Waals surface area contributed by atoms with Gasteiger partial charge in [-0.1, -0.05) is 13.8 Å². The highest BCUT2D eigenvalue weighted by atomic mass is 16.3. The van der Waals surface area contributed by atoms with Gasteiger partial charge in [0.1, 0.15) is 11.6 Å². The molecule has 0 amide bonds. The highest BCUT2D eigenvalue weighted by Gasteiger charge is 2.09. The summed E-state index contributed by atoms with van der Waals surface area (Å²) in [5.41, 5.74) is 5.42.